The van der Waals surface area contributed by atoms with E-state index >= 15 is 0 Å². The third kappa shape index (κ3) is 5.27. The van der Waals surface area contributed by atoms with E-state index in [0.29, 0.717) is 24.7 Å². The number of nitrogens with one attached hydrogen (secondary N) is 3. The van der Waals surface area contributed by atoms with E-state index in [4.69, 9.17) is 4.74 Å². The average Bonchev–Trinajstić information content (AvgIpc) is 3.01. The molecule has 120 valence electrons. The molecule has 0 atom stereocenters. The molecule has 0 aromatic heterocycles. The van der Waals surface area contributed by atoms with Gasteiger partial charge < -0.3 is 20.7 Å². The molecule has 22 heavy (non-hydrogen) atoms. The lowest BCUT2D eigenvalue weighted by Crippen LogP contribution is -2.36. The summed E-state index contributed by atoms with van der Waals surface area (Å²) in [6, 6.07) is 7.05. The smallest absolute Gasteiger partial charge is 0.319 e. The molecule has 2 rings (SSSR count). The Labute approximate surface area is 130 Å². The first-order valence-electron chi connectivity index (χ1n) is 7.65. The molecule has 6 nitrogen and oxygen atoms in total. The summed E-state index contributed by atoms with van der Waals surface area (Å²) >= 11 is 0. The fraction of sp³-hybridized carbons (Fsp3) is 0.500. The fourth-order valence-electron chi connectivity index (χ4n) is 2.51. The zero-order chi connectivity index (χ0) is 15.8. The van der Waals surface area contributed by atoms with E-state index in [1.807, 2.05) is 0 Å². The van der Waals surface area contributed by atoms with Gasteiger partial charge in [0, 0.05) is 24.7 Å². The summed E-state index contributed by atoms with van der Waals surface area (Å²) < 4.78 is 5.05. The maximum absolute atomic E-state index is 11.7. The van der Waals surface area contributed by atoms with Gasteiger partial charge in [-0.25, -0.2) is 4.79 Å². The van der Waals surface area contributed by atoms with Crippen LogP contribution in [-0.2, 0) is 4.79 Å². The highest BCUT2D eigenvalue weighted by Gasteiger charge is 2.16. The summed E-state index contributed by atoms with van der Waals surface area (Å²) in [4.78, 5) is 23.4. The minimum Gasteiger partial charge on any atom is -0.497 e. The molecule has 1 saturated carbocycles. The molecule has 0 unspecified atom stereocenters. The third-order valence-corrected chi connectivity index (χ3v) is 3.71. The van der Waals surface area contributed by atoms with Crippen molar-refractivity contribution < 1.29 is 14.3 Å². The number of amides is 3. The third-order valence-electron chi connectivity index (χ3n) is 3.71. The summed E-state index contributed by atoms with van der Waals surface area (Å²) in [5.74, 6) is 0.728. The number of rotatable bonds is 6. The number of benzene rings is 1. The molecule has 0 aliphatic heterocycles. The molecular formula is C16H23N3O3. The van der Waals surface area contributed by atoms with E-state index in [1.165, 1.54) is 12.8 Å². The molecule has 1 fully saturated rings. The van der Waals surface area contributed by atoms with Gasteiger partial charge in [-0.15, -0.1) is 0 Å². The number of hydrogen-bond acceptors (Lipinski definition) is 3. The SMILES string of the molecule is COc1ccc(NC(=O)NCCC(=O)NC2CCCC2)cc1. The average molecular weight is 305 g/mol. The van der Waals surface area contributed by atoms with Crippen molar-refractivity contribution in [2.45, 2.75) is 38.1 Å². The van der Waals surface area contributed by atoms with Gasteiger partial charge in [-0.2, -0.15) is 0 Å². The molecule has 1 aliphatic rings. The van der Waals surface area contributed by atoms with Crippen molar-refractivity contribution in [3.8, 4) is 5.75 Å². The lowest BCUT2D eigenvalue weighted by Gasteiger charge is -2.12. The van der Waals surface area contributed by atoms with Crippen molar-refractivity contribution in [1.29, 1.82) is 0 Å². The van der Waals surface area contributed by atoms with Crippen molar-refractivity contribution in [2.75, 3.05) is 19.0 Å². The highest BCUT2D eigenvalue weighted by atomic mass is 16.5. The highest BCUT2D eigenvalue weighted by Crippen LogP contribution is 2.17. The molecule has 1 aromatic carbocycles. The van der Waals surface area contributed by atoms with Gasteiger partial charge in [-0.05, 0) is 37.1 Å². The van der Waals surface area contributed by atoms with Gasteiger partial charge in [0.15, 0.2) is 0 Å². The first-order chi connectivity index (χ1) is 10.7. The lowest BCUT2D eigenvalue weighted by atomic mass is 10.2. The largest absolute Gasteiger partial charge is 0.497 e. The van der Waals surface area contributed by atoms with Gasteiger partial charge in [0.2, 0.25) is 5.91 Å². The van der Waals surface area contributed by atoms with Gasteiger partial charge in [0.05, 0.1) is 7.11 Å². The van der Waals surface area contributed by atoms with Crippen LogP contribution in [0.25, 0.3) is 0 Å². The molecule has 0 bridgehead atoms. The van der Waals surface area contributed by atoms with Crippen LogP contribution in [-0.4, -0.2) is 31.6 Å². The van der Waals surface area contributed by atoms with Crippen molar-refractivity contribution in [3.05, 3.63) is 24.3 Å². The standard InChI is InChI=1S/C16H23N3O3/c1-22-14-8-6-13(7-9-14)19-16(21)17-11-10-15(20)18-12-4-2-3-5-12/h6-9,12H,2-5,10-11H2,1H3,(H,18,20)(H2,17,19,21). The molecule has 0 spiro atoms. The van der Waals surface area contributed by atoms with Gasteiger partial charge in [0.25, 0.3) is 0 Å². The van der Waals surface area contributed by atoms with Crippen LogP contribution in [0.1, 0.15) is 32.1 Å². The zero-order valence-corrected chi connectivity index (χ0v) is 12.9. The van der Waals surface area contributed by atoms with Crippen LogP contribution in [0.2, 0.25) is 0 Å². The number of urea groups is 1. The second kappa shape index (κ2) is 8.26. The lowest BCUT2D eigenvalue weighted by molar-refractivity contribution is -0.121. The molecule has 1 aromatic rings. The van der Waals surface area contributed by atoms with Crippen LogP contribution in [0, 0.1) is 0 Å². The van der Waals surface area contributed by atoms with E-state index < -0.39 is 0 Å². The zero-order valence-electron chi connectivity index (χ0n) is 12.9. The Hall–Kier alpha value is -2.24. The van der Waals surface area contributed by atoms with Crippen LogP contribution in [0.3, 0.4) is 0 Å². The maximum Gasteiger partial charge on any atom is 0.319 e. The van der Waals surface area contributed by atoms with E-state index in [2.05, 4.69) is 16.0 Å². The van der Waals surface area contributed by atoms with Crippen molar-refractivity contribution >= 4 is 17.6 Å². The normalized spacial score (nSPS) is 14.4. The minimum atomic E-state index is -0.321. The summed E-state index contributed by atoms with van der Waals surface area (Å²) in [5, 5.41) is 8.37. The molecule has 3 N–H and O–H groups in total. The molecule has 0 heterocycles. The highest BCUT2D eigenvalue weighted by molar-refractivity contribution is 5.89. The molecule has 0 saturated heterocycles. The molecule has 1 aliphatic carbocycles. The van der Waals surface area contributed by atoms with E-state index in [-0.39, 0.29) is 11.9 Å². The van der Waals surface area contributed by atoms with Crippen LogP contribution < -0.4 is 20.7 Å². The van der Waals surface area contributed by atoms with Gasteiger partial charge in [-0.3, -0.25) is 4.79 Å². The van der Waals surface area contributed by atoms with Crippen molar-refractivity contribution in [3.63, 3.8) is 0 Å². The number of hydrogen-bond donors (Lipinski definition) is 3. The van der Waals surface area contributed by atoms with Crippen LogP contribution in [0.4, 0.5) is 10.5 Å². The van der Waals surface area contributed by atoms with Gasteiger partial charge in [0.1, 0.15) is 5.75 Å². The van der Waals surface area contributed by atoms with Crippen LogP contribution >= 0.6 is 0 Å². The minimum absolute atomic E-state index is 0.00310. The Morgan fingerprint density at radius 3 is 2.50 bits per heavy atom. The van der Waals surface area contributed by atoms with E-state index in [0.717, 1.165) is 18.6 Å². The van der Waals surface area contributed by atoms with E-state index in [1.54, 1.807) is 31.4 Å². The Morgan fingerprint density at radius 2 is 1.86 bits per heavy atom. The predicted molar refractivity (Wildman–Crippen MR) is 85.0 cm³/mol. The predicted octanol–water partition coefficient (Wildman–Crippen LogP) is 2.27. The van der Waals surface area contributed by atoms with Gasteiger partial charge >= 0.3 is 6.03 Å². The maximum atomic E-state index is 11.7. The number of methoxy groups -OCH3 is 1. The van der Waals surface area contributed by atoms with Crippen molar-refractivity contribution in [1.82, 2.24) is 10.6 Å². The molecule has 6 heteroatoms. The summed E-state index contributed by atoms with van der Waals surface area (Å²) in [7, 11) is 1.59. The molecule has 3 amide bonds. The fourth-order valence-corrected chi connectivity index (χ4v) is 2.51. The van der Waals surface area contributed by atoms with Crippen LogP contribution in [0.5, 0.6) is 5.75 Å². The van der Waals surface area contributed by atoms with Crippen LogP contribution in [0.15, 0.2) is 24.3 Å². The van der Waals surface area contributed by atoms with E-state index in [9.17, 15) is 9.59 Å². The Kier molecular flexibility index (Phi) is 6.06. The number of ether oxygens (including phenoxy) is 1. The summed E-state index contributed by atoms with van der Waals surface area (Å²) in [6.45, 7) is 0.320. The Morgan fingerprint density at radius 1 is 1.18 bits per heavy atom. The second-order valence-electron chi connectivity index (χ2n) is 5.41. The van der Waals surface area contributed by atoms with Crippen molar-refractivity contribution in [2.24, 2.45) is 0 Å². The monoisotopic (exact) mass is 305 g/mol. The first kappa shape index (κ1) is 16.1. The Bertz CT molecular complexity index is 496. The summed E-state index contributed by atoms with van der Waals surface area (Å²) in [6.07, 6.45) is 4.81. The number of carbonyl (C=O) groups is 2. The first-order valence-corrected chi connectivity index (χ1v) is 7.65. The van der Waals surface area contributed by atoms with Gasteiger partial charge in [-0.1, -0.05) is 12.8 Å². The molecular weight excluding hydrogens is 282 g/mol. The second-order valence-corrected chi connectivity index (χ2v) is 5.41. The number of carbonyl (C=O) groups excluding carboxylic acids is 2. The summed E-state index contributed by atoms with van der Waals surface area (Å²) in [5.41, 5.74) is 0.675. The topological polar surface area (TPSA) is 79.5 Å². The quantitative estimate of drug-likeness (QED) is 0.754. The Balaban J connectivity index is 1.63. The number of anilines is 1. The molecule has 0 radical (unpaired) electrons.